The molecular formula is C12H23NO2. The Kier molecular flexibility index (Phi) is 5.09. The molecule has 0 heterocycles. The first-order chi connectivity index (χ1) is 7.15. The lowest BCUT2D eigenvalue weighted by Gasteiger charge is -2.30. The second-order valence-electron chi connectivity index (χ2n) is 4.70. The van der Waals surface area contributed by atoms with Gasteiger partial charge in [-0.2, -0.15) is 0 Å². The zero-order chi connectivity index (χ0) is 11.3. The molecule has 0 unspecified atom stereocenters. The lowest BCUT2D eigenvalue weighted by Crippen LogP contribution is -2.40. The monoisotopic (exact) mass is 213 g/mol. The highest BCUT2D eigenvalue weighted by Crippen LogP contribution is 2.23. The Morgan fingerprint density at radius 2 is 2.13 bits per heavy atom. The van der Waals surface area contributed by atoms with Crippen LogP contribution in [0.2, 0.25) is 0 Å². The van der Waals surface area contributed by atoms with Crippen LogP contribution < -0.4 is 5.32 Å². The van der Waals surface area contributed by atoms with Gasteiger partial charge in [-0.15, -0.1) is 0 Å². The Bertz CT molecular complexity index is 206. The van der Waals surface area contributed by atoms with Gasteiger partial charge in [0, 0.05) is 12.6 Å². The molecule has 0 bridgehead atoms. The van der Waals surface area contributed by atoms with Gasteiger partial charge in [0.1, 0.15) is 0 Å². The predicted molar refractivity (Wildman–Crippen MR) is 60.6 cm³/mol. The first-order valence-electron chi connectivity index (χ1n) is 5.96. The maximum atomic E-state index is 11.2. The molecule has 1 aliphatic rings. The molecule has 1 fully saturated rings. The van der Waals surface area contributed by atoms with E-state index in [1.807, 2.05) is 6.92 Å². The Morgan fingerprint density at radius 3 is 2.73 bits per heavy atom. The number of ether oxygens (including phenoxy) is 1. The number of carbonyl (C=O) groups is 1. The smallest absolute Gasteiger partial charge is 0.309 e. The summed E-state index contributed by atoms with van der Waals surface area (Å²) in [4.78, 5) is 11.2. The summed E-state index contributed by atoms with van der Waals surface area (Å²) in [5, 5.41) is 3.49. The molecule has 1 saturated carbocycles. The van der Waals surface area contributed by atoms with Gasteiger partial charge in [-0.3, -0.25) is 4.79 Å². The minimum absolute atomic E-state index is 0.0378. The number of hydrogen-bond donors (Lipinski definition) is 1. The molecule has 1 rings (SSSR count). The summed E-state index contributed by atoms with van der Waals surface area (Å²) >= 11 is 0. The number of methoxy groups -OCH3 is 1. The third kappa shape index (κ3) is 3.82. The molecule has 0 amide bonds. The van der Waals surface area contributed by atoms with E-state index in [4.69, 9.17) is 4.74 Å². The molecule has 3 heteroatoms. The number of carbonyl (C=O) groups excluding carboxylic acids is 1. The van der Waals surface area contributed by atoms with Crippen molar-refractivity contribution in [3.63, 3.8) is 0 Å². The Hall–Kier alpha value is -0.570. The van der Waals surface area contributed by atoms with Gasteiger partial charge in [0.25, 0.3) is 0 Å². The van der Waals surface area contributed by atoms with E-state index < -0.39 is 0 Å². The largest absolute Gasteiger partial charge is 0.469 e. The van der Waals surface area contributed by atoms with Crippen LogP contribution in [0.5, 0.6) is 0 Å². The van der Waals surface area contributed by atoms with Gasteiger partial charge in [-0.05, 0) is 18.8 Å². The fraction of sp³-hybridized carbons (Fsp3) is 0.917. The zero-order valence-corrected chi connectivity index (χ0v) is 10.1. The molecule has 0 aromatic carbocycles. The summed E-state index contributed by atoms with van der Waals surface area (Å²) in [6.07, 6.45) is 5.22. The molecule has 0 radical (unpaired) electrons. The van der Waals surface area contributed by atoms with Gasteiger partial charge in [0.05, 0.1) is 13.0 Å². The van der Waals surface area contributed by atoms with Crippen molar-refractivity contribution in [2.75, 3.05) is 13.7 Å². The number of nitrogens with one attached hydrogen (secondary N) is 1. The van der Waals surface area contributed by atoms with Crippen LogP contribution in [0.15, 0.2) is 0 Å². The summed E-state index contributed by atoms with van der Waals surface area (Å²) in [5.41, 5.74) is 0. The molecule has 88 valence electrons. The average molecular weight is 213 g/mol. The van der Waals surface area contributed by atoms with Crippen molar-refractivity contribution in [3.05, 3.63) is 0 Å². The van der Waals surface area contributed by atoms with Gasteiger partial charge in [-0.25, -0.2) is 0 Å². The first kappa shape index (κ1) is 12.5. The summed E-state index contributed by atoms with van der Waals surface area (Å²) in [7, 11) is 1.45. The summed E-state index contributed by atoms with van der Waals surface area (Å²) in [5.74, 6) is 0.582. The molecule has 0 aromatic rings. The molecule has 0 aromatic heterocycles. The number of rotatable bonds is 4. The summed E-state index contributed by atoms with van der Waals surface area (Å²) in [6.45, 7) is 4.94. The Labute approximate surface area is 92.6 Å². The van der Waals surface area contributed by atoms with Gasteiger partial charge in [0.2, 0.25) is 0 Å². The third-order valence-corrected chi connectivity index (χ3v) is 3.40. The maximum absolute atomic E-state index is 11.2. The zero-order valence-electron chi connectivity index (χ0n) is 10.1. The second-order valence-corrected chi connectivity index (χ2v) is 4.70. The molecule has 1 N–H and O–H groups in total. The minimum atomic E-state index is -0.119. The lowest BCUT2D eigenvalue weighted by atomic mass is 9.86. The second kappa shape index (κ2) is 6.11. The van der Waals surface area contributed by atoms with Gasteiger partial charge in [-0.1, -0.05) is 26.7 Å². The highest BCUT2D eigenvalue weighted by Gasteiger charge is 2.22. The molecule has 1 aliphatic carbocycles. The van der Waals surface area contributed by atoms with Crippen LogP contribution in [-0.4, -0.2) is 25.7 Å². The van der Waals surface area contributed by atoms with Crippen LogP contribution in [0.4, 0.5) is 0 Å². The van der Waals surface area contributed by atoms with Crippen LogP contribution in [0.1, 0.15) is 39.5 Å². The van der Waals surface area contributed by atoms with Crippen molar-refractivity contribution in [2.24, 2.45) is 11.8 Å². The average Bonchev–Trinajstić information content (AvgIpc) is 2.26. The van der Waals surface area contributed by atoms with Crippen LogP contribution in [0, 0.1) is 11.8 Å². The lowest BCUT2D eigenvalue weighted by molar-refractivity contribution is -0.144. The van der Waals surface area contributed by atoms with E-state index in [1.165, 1.54) is 32.8 Å². The molecule has 0 saturated heterocycles. The topological polar surface area (TPSA) is 38.3 Å². The number of esters is 1. The van der Waals surface area contributed by atoms with E-state index in [0.29, 0.717) is 6.04 Å². The van der Waals surface area contributed by atoms with Crippen molar-refractivity contribution < 1.29 is 9.53 Å². The highest BCUT2D eigenvalue weighted by atomic mass is 16.5. The molecule has 15 heavy (non-hydrogen) atoms. The SMILES string of the molecule is COC(=O)[C@@H](C)CN[C@@H]1CCCC[C@@H]1C. The van der Waals surface area contributed by atoms with Crippen LogP contribution in [0.3, 0.4) is 0 Å². The van der Waals surface area contributed by atoms with Crippen molar-refractivity contribution in [1.82, 2.24) is 5.32 Å². The molecule has 0 spiro atoms. The van der Waals surface area contributed by atoms with E-state index >= 15 is 0 Å². The van der Waals surface area contributed by atoms with Crippen molar-refractivity contribution >= 4 is 5.97 Å². The van der Waals surface area contributed by atoms with E-state index in [-0.39, 0.29) is 11.9 Å². The third-order valence-electron chi connectivity index (χ3n) is 3.40. The van der Waals surface area contributed by atoms with E-state index in [9.17, 15) is 4.79 Å². The quantitative estimate of drug-likeness (QED) is 0.726. The molecule has 0 aliphatic heterocycles. The highest BCUT2D eigenvalue weighted by molar-refractivity contribution is 5.72. The molecule has 3 atom stereocenters. The van der Waals surface area contributed by atoms with Crippen LogP contribution in [0.25, 0.3) is 0 Å². The fourth-order valence-electron chi connectivity index (χ4n) is 2.23. The Morgan fingerprint density at radius 1 is 1.47 bits per heavy atom. The van der Waals surface area contributed by atoms with Crippen LogP contribution in [-0.2, 0) is 9.53 Å². The van der Waals surface area contributed by atoms with E-state index in [2.05, 4.69) is 12.2 Å². The molecule has 3 nitrogen and oxygen atoms in total. The summed E-state index contributed by atoms with van der Waals surface area (Å²) < 4.78 is 4.70. The molecular weight excluding hydrogens is 190 g/mol. The normalized spacial score (nSPS) is 28.5. The first-order valence-corrected chi connectivity index (χ1v) is 5.96. The number of hydrogen-bond acceptors (Lipinski definition) is 3. The van der Waals surface area contributed by atoms with Gasteiger partial charge >= 0.3 is 5.97 Å². The van der Waals surface area contributed by atoms with Crippen molar-refractivity contribution in [2.45, 2.75) is 45.6 Å². The van der Waals surface area contributed by atoms with Gasteiger partial charge in [0.15, 0.2) is 0 Å². The predicted octanol–water partition coefficient (Wildman–Crippen LogP) is 1.96. The standard InChI is InChI=1S/C12H23NO2/c1-9-6-4-5-7-11(9)13-8-10(2)12(14)15-3/h9-11,13H,4-8H2,1-3H3/t9-,10-,11+/m0/s1. The Balaban J connectivity index is 2.26. The fourth-order valence-corrected chi connectivity index (χ4v) is 2.23. The van der Waals surface area contributed by atoms with Crippen molar-refractivity contribution in [1.29, 1.82) is 0 Å². The van der Waals surface area contributed by atoms with Crippen molar-refractivity contribution in [3.8, 4) is 0 Å². The van der Waals surface area contributed by atoms with Crippen LogP contribution >= 0.6 is 0 Å². The van der Waals surface area contributed by atoms with E-state index in [1.54, 1.807) is 0 Å². The van der Waals surface area contributed by atoms with Gasteiger partial charge < -0.3 is 10.1 Å². The minimum Gasteiger partial charge on any atom is -0.469 e. The maximum Gasteiger partial charge on any atom is 0.309 e. The van der Waals surface area contributed by atoms with E-state index in [0.717, 1.165) is 12.5 Å². The summed E-state index contributed by atoms with van der Waals surface area (Å²) in [6, 6.07) is 0.589.